The zero-order valence-electron chi connectivity index (χ0n) is 17.3. The molecule has 1 atom stereocenters. The first-order valence-corrected chi connectivity index (χ1v) is 10.6. The fraction of sp³-hybridized carbons (Fsp3) is 0.115. The Balaban J connectivity index is 0.000000501. The van der Waals surface area contributed by atoms with Gasteiger partial charge >= 0.3 is 17.1 Å². The van der Waals surface area contributed by atoms with Crippen molar-refractivity contribution in [2.75, 3.05) is 12.8 Å². The number of hydrogen-bond acceptors (Lipinski definition) is 4. The summed E-state index contributed by atoms with van der Waals surface area (Å²) in [4.78, 5) is 0.985. The van der Waals surface area contributed by atoms with Crippen molar-refractivity contribution in [3.8, 4) is 5.75 Å². The van der Waals surface area contributed by atoms with Gasteiger partial charge in [-0.25, -0.2) is 12.1 Å². The summed E-state index contributed by atoms with van der Waals surface area (Å²) in [5, 5.41) is 12.6. The van der Waals surface area contributed by atoms with E-state index in [0.717, 1.165) is 27.5 Å². The van der Waals surface area contributed by atoms with Crippen LogP contribution in [0.25, 0.3) is 0 Å². The minimum absolute atomic E-state index is 0. The molecule has 1 aliphatic carbocycles. The first-order valence-electron chi connectivity index (χ1n) is 9.74. The number of thioether (sulfide) groups is 1. The predicted molar refractivity (Wildman–Crippen MR) is 124 cm³/mol. The van der Waals surface area contributed by atoms with E-state index < -0.39 is 0 Å². The third-order valence-corrected chi connectivity index (χ3v) is 5.94. The molecule has 0 heterocycles. The Bertz CT molecular complexity index is 977. The normalized spacial score (nSPS) is 12.5. The van der Waals surface area contributed by atoms with Gasteiger partial charge in [0.2, 0.25) is 0 Å². The zero-order valence-corrected chi connectivity index (χ0v) is 19.2. The molecule has 0 spiro atoms. The molecule has 1 aliphatic rings. The van der Waals surface area contributed by atoms with Crippen LogP contribution in [0.2, 0.25) is 0 Å². The molecule has 0 amide bonds. The van der Waals surface area contributed by atoms with E-state index in [1.165, 1.54) is 0 Å². The molecular weight excluding hydrogens is 446 g/mol. The van der Waals surface area contributed by atoms with Gasteiger partial charge in [0.15, 0.2) is 0 Å². The van der Waals surface area contributed by atoms with Gasteiger partial charge in [0.25, 0.3) is 0 Å². The van der Waals surface area contributed by atoms with Gasteiger partial charge in [-0.05, 0) is 41.8 Å². The van der Waals surface area contributed by atoms with Gasteiger partial charge in [-0.15, -0.1) is 17.5 Å². The van der Waals surface area contributed by atoms with E-state index in [0.29, 0.717) is 6.42 Å². The second kappa shape index (κ2) is 12.9. The minimum atomic E-state index is -0.0157. The Morgan fingerprint density at radius 1 is 1.00 bits per heavy atom. The van der Waals surface area contributed by atoms with Crippen LogP contribution in [0.4, 0.5) is 5.69 Å². The molecule has 2 N–H and O–H groups in total. The van der Waals surface area contributed by atoms with E-state index in [2.05, 4.69) is 0 Å². The molecule has 4 rings (SSSR count). The molecular formula is C26H25FeNO2S. The Morgan fingerprint density at radius 2 is 1.65 bits per heavy atom. The summed E-state index contributed by atoms with van der Waals surface area (Å²) in [5.41, 5.74) is 8.65. The molecule has 0 saturated carbocycles. The Morgan fingerprint density at radius 3 is 2.19 bits per heavy atom. The smallest absolute Gasteiger partial charge is 0.875 e. The van der Waals surface area contributed by atoms with Crippen molar-refractivity contribution in [1.29, 1.82) is 0 Å². The van der Waals surface area contributed by atoms with Gasteiger partial charge in [-0.2, -0.15) is 18.2 Å². The average Bonchev–Trinajstić information content (AvgIpc) is 3.51. The van der Waals surface area contributed by atoms with Crippen LogP contribution in [0.1, 0.15) is 17.2 Å². The number of anilines is 1. The molecule has 0 aromatic heterocycles. The zero-order chi connectivity index (χ0) is 21.2. The number of rotatable bonds is 6. The van der Waals surface area contributed by atoms with Gasteiger partial charge < -0.3 is 15.6 Å². The molecule has 31 heavy (non-hydrogen) atoms. The third kappa shape index (κ3) is 7.48. The molecule has 0 aliphatic heterocycles. The van der Waals surface area contributed by atoms with Gasteiger partial charge in [-0.1, -0.05) is 48.6 Å². The van der Waals surface area contributed by atoms with Crippen LogP contribution in [-0.4, -0.2) is 7.11 Å². The second-order valence-electron chi connectivity index (χ2n) is 6.68. The number of para-hydroxylation sites is 1. The summed E-state index contributed by atoms with van der Waals surface area (Å²) in [7, 11) is 1.64. The van der Waals surface area contributed by atoms with Gasteiger partial charge in [0, 0.05) is 15.8 Å². The van der Waals surface area contributed by atoms with E-state index in [1.807, 2.05) is 103 Å². The summed E-state index contributed by atoms with van der Waals surface area (Å²) < 4.78 is 5.23. The van der Waals surface area contributed by atoms with Crippen molar-refractivity contribution in [1.82, 2.24) is 0 Å². The van der Waals surface area contributed by atoms with Crippen molar-refractivity contribution in [2.24, 2.45) is 0 Å². The Hall–Kier alpha value is -2.72. The first-order chi connectivity index (χ1) is 14.7. The SMILES string of the molecule is COc1ccc(C(CC([O-])=C2C=CC=C2)Sc2ccccc2N)cc1.[Fe+2].c1cc[cH-]c1. The van der Waals surface area contributed by atoms with E-state index in [4.69, 9.17) is 10.5 Å². The van der Waals surface area contributed by atoms with Crippen molar-refractivity contribution in [3.63, 3.8) is 0 Å². The average molecular weight is 471 g/mol. The predicted octanol–water partition coefficient (Wildman–Crippen LogP) is 5.64. The fourth-order valence-corrected chi connectivity index (χ4v) is 4.15. The molecule has 0 bridgehead atoms. The van der Waals surface area contributed by atoms with Crippen LogP contribution in [-0.2, 0) is 17.1 Å². The number of nitrogens with two attached hydrogens (primary N) is 1. The number of nitrogen functional groups attached to an aromatic ring is 1. The maximum Gasteiger partial charge on any atom is 2.00 e. The monoisotopic (exact) mass is 471 g/mol. The maximum absolute atomic E-state index is 12.6. The fourth-order valence-electron chi connectivity index (χ4n) is 2.95. The second-order valence-corrected chi connectivity index (χ2v) is 7.93. The molecule has 0 saturated heterocycles. The van der Waals surface area contributed by atoms with Crippen LogP contribution in [0.15, 0.2) is 119 Å². The van der Waals surface area contributed by atoms with Crippen LogP contribution in [0, 0.1) is 0 Å². The molecule has 5 heteroatoms. The summed E-state index contributed by atoms with van der Waals surface area (Å²) in [6, 6.07) is 25.6. The molecule has 0 radical (unpaired) electrons. The quantitative estimate of drug-likeness (QED) is 0.166. The van der Waals surface area contributed by atoms with E-state index >= 15 is 0 Å². The van der Waals surface area contributed by atoms with Crippen molar-refractivity contribution in [2.45, 2.75) is 16.6 Å². The topological polar surface area (TPSA) is 58.3 Å². The van der Waals surface area contributed by atoms with Crippen molar-refractivity contribution in [3.05, 3.63) is 120 Å². The summed E-state index contributed by atoms with van der Waals surface area (Å²) in [5.74, 6) is 0.932. The van der Waals surface area contributed by atoms with Crippen LogP contribution >= 0.6 is 11.8 Å². The summed E-state index contributed by atoms with van der Waals surface area (Å²) in [6.45, 7) is 0. The third-order valence-electron chi connectivity index (χ3n) is 4.59. The first kappa shape index (κ1) is 24.5. The van der Waals surface area contributed by atoms with Gasteiger partial charge in [0.05, 0.1) is 7.11 Å². The number of benzene rings is 2. The van der Waals surface area contributed by atoms with Crippen LogP contribution < -0.4 is 15.6 Å². The summed E-state index contributed by atoms with van der Waals surface area (Å²) >= 11 is 1.62. The summed E-state index contributed by atoms with van der Waals surface area (Å²) in [6.07, 6.45) is 7.90. The van der Waals surface area contributed by atoms with Crippen LogP contribution in [0.5, 0.6) is 5.75 Å². The minimum Gasteiger partial charge on any atom is -0.875 e. The maximum atomic E-state index is 12.6. The Kier molecular flexibility index (Phi) is 10.2. The van der Waals surface area contributed by atoms with Crippen LogP contribution in [0.3, 0.4) is 0 Å². The van der Waals surface area contributed by atoms with E-state index in [-0.39, 0.29) is 28.1 Å². The molecule has 3 nitrogen and oxygen atoms in total. The molecule has 3 aromatic rings. The van der Waals surface area contributed by atoms with E-state index in [9.17, 15) is 5.11 Å². The van der Waals surface area contributed by atoms with Gasteiger partial charge in [0.1, 0.15) is 5.75 Å². The number of allylic oxidation sites excluding steroid dienone is 6. The molecule has 1 unspecified atom stereocenters. The number of hydrogen-bond donors (Lipinski definition) is 1. The van der Waals surface area contributed by atoms with E-state index in [1.54, 1.807) is 18.9 Å². The number of ether oxygens (including phenoxy) is 1. The van der Waals surface area contributed by atoms with Crippen molar-refractivity contribution >= 4 is 17.4 Å². The van der Waals surface area contributed by atoms with Gasteiger partial charge in [-0.3, -0.25) is 0 Å². The van der Waals surface area contributed by atoms with Crippen molar-refractivity contribution < 1.29 is 26.9 Å². The molecule has 0 fully saturated rings. The largest absolute Gasteiger partial charge is 2.00 e. The Labute approximate surface area is 199 Å². The standard InChI is InChI=1S/C21H21NO2S.C5H5.Fe/c1-24-17-12-10-16(11-13-17)21(14-19(23)15-6-2-3-7-15)25-20-9-5-4-8-18(20)22;1-2-4-5-3-1;/h2-13,21,23H,14,22H2,1H3;1-5H;/q;-1;+2/p-1. The molecule has 3 aromatic carbocycles. The molecule has 160 valence electrons. The number of methoxy groups -OCH3 is 1.